The van der Waals surface area contributed by atoms with Gasteiger partial charge in [-0.1, -0.05) is 12.1 Å². The zero-order valence-corrected chi connectivity index (χ0v) is 17.8. The second kappa shape index (κ2) is 7.67. The van der Waals surface area contributed by atoms with Gasteiger partial charge in [-0.15, -0.1) is 0 Å². The topological polar surface area (TPSA) is 83.7 Å². The van der Waals surface area contributed by atoms with Crippen LogP contribution in [0.25, 0.3) is 0 Å². The Kier molecular flexibility index (Phi) is 5.63. The van der Waals surface area contributed by atoms with Crippen molar-refractivity contribution >= 4 is 15.9 Å². The van der Waals surface area contributed by atoms with E-state index in [0.717, 1.165) is 11.1 Å². The van der Waals surface area contributed by atoms with Crippen LogP contribution in [-0.2, 0) is 10.0 Å². The summed E-state index contributed by atoms with van der Waals surface area (Å²) < 4.78 is 33.4. The molecule has 28 heavy (non-hydrogen) atoms. The molecule has 1 fully saturated rings. The van der Waals surface area contributed by atoms with Crippen molar-refractivity contribution in [2.24, 2.45) is 0 Å². The maximum Gasteiger partial charge on any atom is 0.275 e. The van der Waals surface area contributed by atoms with Crippen LogP contribution < -0.4 is 0 Å². The number of benzene rings is 1. The lowest BCUT2D eigenvalue weighted by atomic mass is 9.98. The largest absolute Gasteiger partial charge is 0.445 e. The number of amides is 1. The summed E-state index contributed by atoms with van der Waals surface area (Å²) in [6.07, 6.45) is 1.22. The van der Waals surface area contributed by atoms with E-state index in [1.165, 1.54) is 9.21 Å². The van der Waals surface area contributed by atoms with Crippen molar-refractivity contribution in [1.29, 1.82) is 0 Å². The number of nitrogens with zero attached hydrogens (tertiary/aromatic N) is 3. The Morgan fingerprint density at radius 2 is 1.82 bits per heavy atom. The van der Waals surface area contributed by atoms with Gasteiger partial charge in [-0.05, 0) is 50.8 Å². The molecular weight excluding hydrogens is 378 g/mol. The third-order valence-corrected chi connectivity index (χ3v) is 7.23. The first-order valence-electron chi connectivity index (χ1n) is 9.37. The Morgan fingerprint density at radius 1 is 1.18 bits per heavy atom. The summed E-state index contributed by atoms with van der Waals surface area (Å²) in [4.78, 5) is 18.4. The number of rotatable bonds is 4. The van der Waals surface area contributed by atoms with Crippen LogP contribution in [0.1, 0.15) is 52.0 Å². The lowest BCUT2D eigenvalue weighted by Crippen LogP contribution is -2.38. The SMILES string of the molecule is Cc1ccc(C)c(S(=O)(=O)N2CCC(c3nc(C(=O)N(C)C)c(C)o3)CC2)c1. The third kappa shape index (κ3) is 3.84. The summed E-state index contributed by atoms with van der Waals surface area (Å²) in [6, 6.07) is 5.49. The lowest BCUT2D eigenvalue weighted by Gasteiger charge is -2.30. The normalized spacial score (nSPS) is 16.3. The lowest BCUT2D eigenvalue weighted by molar-refractivity contribution is 0.0821. The second-order valence-corrected chi connectivity index (χ2v) is 9.51. The average molecular weight is 406 g/mol. The van der Waals surface area contributed by atoms with Crippen molar-refractivity contribution in [2.75, 3.05) is 27.2 Å². The minimum absolute atomic E-state index is 0.00692. The quantitative estimate of drug-likeness (QED) is 0.781. The number of sulfonamides is 1. The van der Waals surface area contributed by atoms with E-state index >= 15 is 0 Å². The molecule has 1 amide bonds. The van der Waals surface area contributed by atoms with Crippen LogP contribution in [0.15, 0.2) is 27.5 Å². The first-order valence-corrected chi connectivity index (χ1v) is 10.8. The molecule has 1 aliphatic heterocycles. The summed E-state index contributed by atoms with van der Waals surface area (Å²) in [5.74, 6) is 0.834. The van der Waals surface area contributed by atoms with Gasteiger partial charge in [0.15, 0.2) is 11.6 Å². The van der Waals surface area contributed by atoms with Crippen molar-refractivity contribution in [1.82, 2.24) is 14.2 Å². The minimum atomic E-state index is -3.53. The van der Waals surface area contributed by atoms with Gasteiger partial charge in [-0.3, -0.25) is 4.79 Å². The number of hydrogen-bond acceptors (Lipinski definition) is 5. The van der Waals surface area contributed by atoms with E-state index in [9.17, 15) is 13.2 Å². The molecule has 7 nitrogen and oxygen atoms in total. The Bertz CT molecular complexity index is 987. The molecule has 0 N–H and O–H groups in total. The number of hydrogen-bond donors (Lipinski definition) is 0. The molecule has 0 radical (unpaired) electrons. The molecule has 1 aliphatic rings. The van der Waals surface area contributed by atoms with Gasteiger partial charge in [0.05, 0.1) is 4.90 Å². The Labute approximate surface area is 166 Å². The first kappa shape index (κ1) is 20.5. The van der Waals surface area contributed by atoms with Crippen molar-refractivity contribution in [2.45, 2.75) is 44.4 Å². The molecule has 2 aromatic rings. The molecule has 0 unspecified atom stereocenters. The Hall–Kier alpha value is -2.19. The molecule has 0 atom stereocenters. The van der Waals surface area contributed by atoms with E-state index in [1.54, 1.807) is 27.1 Å². The highest BCUT2D eigenvalue weighted by atomic mass is 32.2. The van der Waals surface area contributed by atoms with Gasteiger partial charge in [0.25, 0.3) is 5.91 Å². The number of piperidine rings is 1. The van der Waals surface area contributed by atoms with E-state index in [1.807, 2.05) is 26.0 Å². The maximum atomic E-state index is 13.1. The van der Waals surface area contributed by atoms with Crippen molar-refractivity contribution in [3.63, 3.8) is 0 Å². The number of aryl methyl sites for hydroxylation is 3. The van der Waals surface area contributed by atoms with Crippen LogP contribution >= 0.6 is 0 Å². The van der Waals surface area contributed by atoms with E-state index in [-0.39, 0.29) is 11.8 Å². The molecule has 8 heteroatoms. The average Bonchev–Trinajstić information content (AvgIpc) is 3.04. The van der Waals surface area contributed by atoms with Crippen LogP contribution in [0, 0.1) is 20.8 Å². The van der Waals surface area contributed by atoms with Crippen molar-refractivity contribution in [3.05, 3.63) is 46.7 Å². The molecule has 2 heterocycles. The summed E-state index contributed by atoms with van der Waals surface area (Å²) in [5.41, 5.74) is 2.00. The first-order chi connectivity index (χ1) is 13.1. The van der Waals surface area contributed by atoms with Crippen LogP contribution in [0.2, 0.25) is 0 Å². The van der Waals surface area contributed by atoms with Crippen LogP contribution in [-0.4, -0.2) is 55.7 Å². The highest BCUT2D eigenvalue weighted by Crippen LogP contribution is 2.32. The monoisotopic (exact) mass is 405 g/mol. The third-order valence-electron chi connectivity index (χ3n) is 5.19. The number of oxazole rings is 1. The molecule has 1 aromatic heterocycles. The summed E-state index contributed by atoms with van der Waals surface area (Å²) in [6.45, 7) is 6.24. The fraction of sp³-hybridized carbons (Fsp3) is 0.500. The number of carbonyl (C=O) groups excluding carboxylic acids is 1. The number of aromatic nitrogens is 1. The van der Waals surface area contributed by atoms with Gasteiger partial charge in [0.2, 0.25) is 10.0 Å². The maximum absolute atomic E-state index is 13.1. The zero-order valence-electron chi connectivity index (χ0n) is 17.0. The van der Waals surface area contributed by atoms with Crippen LogP contribution in [0.4, 0.5) is 0 Å². The van der Waals surface area contributed by atoms with Crippen molar-refractivity contribution < 1.29 is 17.6 Å². The van der Waals surface area contributed by atoms with E-state index in [4.69, 9.17) is 4.42 Å². The van der Waals surface area contributed by atoms with E-state index in [2.05, 4.69) is 4.98 Å². The predicted octanol–water partition coefficient (Wildman–Crippen LogP) is 2.87. The van der Waals surface area contributed by atoms with Gasteiger partial charge in [-0.2, -0.15) is 4.31 Å². The minimum Gasteiger partial charge on any atom is -0.445 e. The molecule has 1 aromatic carbocycles. The Balaban J connectivity index is 1.75. The van der Waals surface area contributed by atoms with Crippen LogP contribution in [0.5, 0.6) is 0 Å². The van der Waals surface area contributed by atoms with Gasteiger partial charge in [0.1, 0.15) is 5.76 Å². The smallest absolute Gasteiger partial charge is 0.275 e. The zero-order chi connectivity index (χ0) is 20.6. The highest BCUT2D eigenvalue weighted by Gasteiger charge is 2.33. The van der Waals surface area contributed by atoms with E-state index < -0.39 is 10.0 Å². The standard InChI is InChI=1S/C20H27N3O4S/c1-13-6-7-14(2)17(12-13)28(25,26)23-10-8-16(9-11-23)19-21-18(15(3)27-19)20(24)22(4)5/h6-7,12,16H,8-11H2,1-5H3. The Morgan fingerprint density at radius 3 is 2.43 bits per heavy atom. The fourth-order valence-electron chi connectivity index (χ4n) is 3.47. The summed E-state index contributed by atoms with van der Waals surface area (Å²) in [5, 5.41) is 0. The van der Waals surface area contributed by atoms with Gasteiger partial charge in [0, 0.05) is 33.1 Å². The summed E-state index contributed by atoms with van der Waals surface area (Å²) in [7, 11) is -0.180. The molecule has 1 saturated heterocycles. The van der Waals surface area contributed by atoms with Gasteiger partial charge >= 0.3 is 0 Å². The molecule has 0 aliphatic carbocycles. The van der Waals surface area contributed by atoms with Gasteiger partial charge in [-0.25, -0.2) is 13.4 Å². The predicted molar refractivity (Wildman–Crippen MR) is 106 cm³/mol. The molecule has 0 spiro atoms. The fourth-order valence-corrected chi connectivity index (χ4v) is 5.25. The van der Waals surface area contributed by atoms with Crippen LogP contribution in [0.3, 0.4) is 0 Å². The molecular formula is C20H27N3O4S. The molecule has 152 valence electrons. The molecule has 0 saturated carbocycles. The number of carbonyl (C=O) groups is 1. The van der Waals surface area contributed by atoms with E-state index in [0.29, 0.717) is 48.2 Å². The second-order valence-electron chi connectivity index (χ2n) is 7.60. The van der Waals surface area contributed by atoms with Gasteiger partial charge < -0.3 is 9.32 Å². The molecule has 0 bridgehead atoms. The van der Waals surface area contributed by atoms with Crippen molar-refractivity contribution in [3.8, 4) is 0 Å². The highest BCUT2D eigenvalue weighted by molar-refractivity contribution is 7.89. The summed E-state index contributed by atoms with van der Waals surface area (Å²) >= 11 is 0. The molecule has 3 rings (SSSR count).